The van der Waals surface area contributed by atoms with E-state index in [-0.39, 0.29) is 5.41 Å². The first kappa shape index (κ1) is 13.5. The van der Waals surface area contributed by atoms with Crippen LogP contribution in [0.2, 0.25) is 0 Å². The third kappa shape index (κ3) is 2.13. The molecule has 2 aromatic rings. The topological polar surface area (TPSA) is 51.4 Å². The number of hydrogen-bond acceptors (Lipinski definition) is 4. The number of halogens is 1. The number of hydrogen-bond donors (Lipinski definition) is 1. The second-order valence-electron chi connectivity index (χ2n) is 6.46. The van der Waals surface area contributed by atoms with E-state index in [1.165, 1.54) is 6.07 Å². The molecule has 2 aliphatic heterocycles. The van der Waals surface area contributed by atoms with Crippen molar-refractivity contribution < 1.29 is 9.13 Å². The molecule has 1 aromatic heterocycles. The zero-order chi connectivity index (χ0) is 15.3. The first-order valence-corrected chi connectivity index (χ1v) is 7.42. The molecule has 4 rings (SSSR count). The van der Waals surface area contributed by atoms with Crippen LogP contribution >= 0.6 is 0 Å². The van der Waals surface area contributed by atoms with Crippen LogP contribution < -0.4 is 10.6 Å². The molecule has 2 N–H and O–H groups in total. The van der Waals surface area contributed by atoms with Crippen LogP contribution in [0.15, 0.2) is 30.3 Å². The molecule has 0 atom stereocenters. The fraction of sp³-hybridized carbons (Fsp3) is 0.353. The van der Waals surface area contributed by atoms with E-state index >= 15 is 0 Å². The minimum Gasteiger partial charge on any atom is -0.399 e. The van der Waals surface area contributed by atoms with E-state index in [4.69, 9.17) is 10.5 Å². The van der Waals surface area contributed by atoms with E-state index in [1.807, 2.05) is 31.2 Å². The molecule has 0 amide bonds. The maximum absolute atomic E-state index is 14.0. The van der Waals surface area contributed by atoms with E-state index in [9.17, 15) is 4.39 Å². The Labute approximate surface area is 128 Å². The molecule has 0 radical (unpaired) electrons. The van der Waals surface area contributed by atoms with Gasteiger partial charge in [0.05, 0.1) is 18.6 Å². The van der Waals surface area contributed by atoms with Crippen molar-refractivity contribution in [1.29, 1.82) is 0 Å². The van der Waals surface area contributed by atoms with E-state index in [0.29, 0.717) is 11.5 Å². The number of aromatic nitrogens is 1. The number of pyridine rings is 1. The Morgan fingerprint density at radius 2 is 2.00 bits per heavy atom. The molecule has 2 saturated heterocycles. The molecule has 0 aliphatic carbocycles. The summed E-state index contributed by atoms with van der Waals surface area (Å²) in [4.78, 5) is 6.15. The van der Waals surface area contributed by atoms with Gasteiger partial charge in [-0.1, -0.05) is 6.07 Å². The monoisotopic (exact) mass is 299 g/mol. The second-order valence-corrected chi connectivity index (χ2v) is 6.46. The van der Waals surface area contributed by atoms with E-state index in [2.05, 4.69) is 9.88 Å². The zero-order valence-corrected chi connectivity index (χ0v) is 12.5. The molecule has 0 unspecified atom stereocenters. The Morgan fingerprint density at radius 1 is 1.23 bits per heavy atom. The summed E-state index contributed by atoms with van der Waals surface area (Å²) in [6.45, 7) is 5.38. The smallest absolute Gasteiger partial charge is 0.215 e. The zero-order valence-electron chi connectivity index (χ0n) is 12.5. The standard InChI is InChI=1S/C17H18FN3O/c1-11-2-3-13(19)6-14(11)12-4-15(18)20-16(5-12)21-7-17(8-21)9-22-10-17/h2-6H,7-10,19H2,1H3. The van der Waals surface area contributed by atoms with Crippen LogP contribution in [0.25, 0.3) is 11.1 Å². The summed E-state index contributed by atoms with van der Waals surface area (Å²) in [7, 11) is 0. The summed E-state index contributed by atoms with van der Waals surface area (Å²) >= 11 is 0. The number of aryl methyl sites for hydroxylation is 1. The first-order chi connectivity index (χ1) is 10.5. The Morgan fingerprint density at radius 3 is 2.68 bits per heavy atom. The molecule has 4 nitrogen and oxygen atoms in total. The van der Waals surface area contributed by atoms with Crippen molar-refractivity contribution >= 4 is 11.5 Å². The van der Waals surface area contributed by atoms with Gasteiger partial charge in [-0.25, -0.2) is 4.98 Å². The van der Waals surface area contributed by atoms with Gasteiger partial charge in [-0.3, -0.25) is 0 Å². The van der Waals surface area contributed by atoms with Crippen LogP contribution in [0.5, 0.6) is 0 Å². The average molecular weight is 299 g/mol. The van der Waals surface area contributed by atoms with Crippen molar-refractivity contribution in [3.05, 3.63) is 41.8 Å². The van der Waals surface area contributed by atoms with Crippen molar-refractivity contribution in [2.24, 2.45) is 5.41 Å². The molecule has 0 saturated carbocycles. The summed E-state index contributed by atoms with van der Waals surface area (Å²) in [5, 5.41) is 0. The Bertz CT molecular complexity index is 735. The number of benzene rings is 1. The predicted molar refractivity (Wildman–Crippen MR) is 84.2 cm³/mol. The molecule has 0 bridgehead atoms. The SMILES string of the molecule is Cc1ccc(N)cc1-c1cc(F)nc(N2CC3(COC3)C2)c1. The Hall–Kier alpha value is -2.14. The summed E-state index contributed by atoms with van der Waals surface area (Å²) in [6, 6.07) is 9.09. The third-order valence-electron chi connectivity index (χ3n) is 4.55. The maximum atomic E-state index is 14.0. The van der Waals surface area contributed by atoms with Crippen LogP contribution in [0, 0.1) is 18.3 Å². The normalized spacial score (nSPS) is 18.9. The lowest BCUT2D eigenvalue weighted by atomic mass is 9.78. The molecule has 2 fully saturated rings. The van der Waals surface area contributed by atoms with Crippen LogP contribution in [0.3, 0.4) is 0 Å². The number of nitrogens with two attached hydrogens (primary N) is 1. The van der Waals surface area contributed by atoms with Gasteiger partial charge in [0.2, 0.25) is 5.95 Å². The quantitative estimate of drug-likeness (QED) is 0.684. The molecular weight excluding hydrogens is 281 g/mol. The highest BCUT2D eigenvalue weighted by Gasteiger charge is 2.49. The number of rotatable bonds is 2. The molecule has 2 aliphatic rings. The van der Waals surface area contributed by atoms with Crippen molar-refractivity contribution in [3.63, 3.8) is 0 Å². The van der Waals surface area contributed by atoms with Gasteiger partial charge < -0.3 is 15.4 Å². The van der Waals surface area contributed by atoms with E-state index in [1.54, 1.807) is 0 Å². The van der Waals surface area contributed by atoms with E-state index in [0.717, 1.165) is 43.0 Å². The van der Waals surface area contributed by atoms with Gasteiger partial charge in [-0.05, 0) is 41.8 Å². The van der Waals surface area contributed by atoms with Gasteiger partial charge in [0.15, 0.2) is 0 Å². The van der Waals surface area contributed by atoms with Crippen molar-refractivity contribution in [2.45, 2.75) is 6.92 Å². The Kier molecular flexibility index (Phi) is 2.87. The molecule has 22 heavy (non-hydrogen) atoms. The van der Waals surface area contributed by atoms with Crippen LogP contribution in [-0.4, -0.2) is 31.3 Å². The number of ether oxygens (including phenoxy) is 1. The summed E-state index contributed by atoms with van der Waals surface area (Å²) in [5.74, 6) is 0.231. The van der Waals surface area contributed by atoms with Crippen LogP contribution in [0.4, 0.5) is 15.9 Å². The van der Waals surface area contributed by atoms with Crippen LogP contribution in [0.1, 0.15) is 5.56 Å². The number of nitrogen functional groups attached to an aromatic ring is 1. The van der Waals surface area contributed by atoms with Crippen LogP contribution in [-0.2, 0) is 4.74 Å². The van der Waals surface area contributed by atoms with Gasteiger partial charge in [0, 0.05) is 24.8 Å². The first-order valence-electron chi connectivity index (χ1n) is 7.42. The van der Waals surface area contributed by atoms with Gasteiger partial charge in [0.25, 0.3) is 0 Å². The van der Waals surface area contributed by atoms with Crippen molar-refractivity contribution in [2.75, 3.05) is 36.9 Å². The van der Waals surface area contributed by atoms with Gasteiger partial charge in [-0.15, -0.1) is 0 Å². The highest BCUT2D eigenvalue weighted by molar-refractivity contribution is 5.73. The summed E-state index contributed by atoms with van der Waals surface area (Å²) < 4.78 is 19.2. The van der Waals surface area contributed by atoms with Gasteiger partial charge in [0.1, 0.15) is 5.82 Å². The fourth-order valence-electron chi connectivity index (χ4n) is 3.25. The average Bonchev–Trinajstić information content (AvgIpc) is 2.38. The lowest BCUT2D eigenvalue weighted by Crippen LogP contribution is -2.66. The molecule has 5 heteroatoms. The highest BCUT2D eigenvalue weighted by atomic mass is 19.1. The number of anilines is 2. The second kappa shape index (κ2) is 4.68. The molecule has 114 valence electrons. The van der Waals surface area contributed by atoms with E-state index < -0.39 is 5.95 Å². The molecule has 3 heterocycles. The fourth-order valence-corrected chi connectivity index (χ4v) is 3.25. The third-order valence-corrected chi connectivity index (χ3v) is 4.55. The summed E-state index contributed by atoms with van der Waals surface area (Å²) in [5.41, 5.74) is 9.65. The lowest BCUT2D eigenvalue weighted by molar-refractivity contribution is -0.127. The number of nitrogens with zero attached hydrogens (tertiary/aromatic N) is 2. The van der Waals surface area contributed by atoms with Crippen molar-refractivity contribution in [3.8, 4) is 11.1 Å². The maximum Gasteiger partial charge on any atom is 0.215 e. The lowest BCUT2D eigenvalue weighted by Gasteiger charge is -2.55. The predicted octanol–water partition coefficient (Wildman–Crippen LogP) is 2.61. The highest BCUT2D eigenvalue weighted by Crippen LogP contribution is 2.40. The Balaban J connectivity index is 1.68. The largest absolute Gasteiger partial charge is 0.399 e. The molecule has 1 aromatic carbocycles. The molecule has 1 spiro atoms. The van der Waals surface area contributed by atoms with Gasteiger partial charge >= 0.3 is 0 Å². The minimum absolute atomic E-state index is 0.279. The summed E-state index contributed by atoms with van der Waals surface area (Å²) in [6.07, 6.45) is 0. The minimum atomic E-state index is -0.458. The van der Waals surface area contributed by atoms with Gasteiger partial charge in [-0.2, -0.15) is 4.39 Å². The molecular formula is C17H18FN3O. The van der Waals surface area contributed by atoms with Crippen molar-refractivity contribution in [1.82, 2.24) is 4.98 Å².